The Balaban J connectivity index is -0.00000112. The van der Waals surface area contributed by atoms with Crippen molar-refractivity contribution in [3.63, 3.8) is 0 Å². The molecule has 0 aromatic rings. The molecule has 0 atom stereocenters. The highest BCUT2D eigenvalue weighted by atomic mass is 16.7. The fourth-order valence-electron chi connectivity index (χ4n) is 0.339. The molecule has 0 amide bonds. The zero-order chi connectivity index (χ0) is 12.9. The van der Waals surface area contributed by atoms with Crippen molar-refractivity contribution in [1.82, 2.24) is 12.3 Å². The van der Waals surface area contributed by atoms with Gasteiger partial charge in [0.15, 0.2) is 0 Å². The Bertz CT molecular complexity index is 361. The van der Waals surface area contributed by atoms with Gasteiger partial charge in [0, 0.05) is 0 Å². The normalized spacial score (nSPS) is 7.78. The Hall–Kier alpha value is -2.86. The van der Waals surface area contributed by atoms with Crippen molar-refractivity contribution in [2.45, 2.75) is 0 Å². The number of carboxylic acids is 2. The van der Waals surface area contributed by atoms with Crippen LogP contribution in [-0.2, 0) is 38.2 Å². The summed E-state index contributed by atoms with van der Waals surface area (Å²) in [5.41, 5.74) is 0. The number of hydrogen-bond donors (Lipinski definition) is 4. The first-order valence-electron chi connectivity index (χ1n) is 3.24. The van der Waals surface area contributed by atoms with Crippen LogP contribution in [0.5, 0.6) is 0 Å². The average molecular weight is 268 g/mol. The quantitative estimate of drug-likeness (QED) is 0.205. The van der Waals surface area contributed by atoms with Gasteiger partial charge in [-0.05, 0) is 0 Å². The van der Waals surface area contributed by atoms with E-state index in [0.717, 1.165) is 0 Å². The Morgan fingerprint density at radius 1 is 0.556 bits per heavy atom. The summed E-state index contributed by atoms with van der Waals surface area (Å²) < 4.78 is 6.71. The largest absolute Gasteiger partial charge is 0.473 e. The molecular weight excluding hydrogens is 260 g/mol. The first-order valence-corrected chi connectivity index (χ1v) is 3.24. The van der Waals surface area contributed by atoms with E-state index < -0.39 is 35.8 Å². The first kappa shape index (κ1) is 20.5. The van der Waals surface area contributed by atoms with Crippen LogP contribution in [0.2, 0.25) is 0 Å². The summed E-state index contributed by atoms with van der Waals surface area (Å²) in [6, 6.07) is 0. The number of aliphatic carboxylic acids is 2. The van der Waals surface area contributed by atoms with Gasteiger partial charge in [0.1, 0.15) is 0 Å². The lowest BCUT2D eigenvalue weighted by atomic mass is 10.6. The lowest BCUT2D eigenvalue weighted by Gasteiger charge is -1.98. The zero-order valence-electron chi connectivity index (χ0n) is 8.57. The van der Waals surface area contributed by atoms with Gasteiger partial charge in [-0.3, -0.25) is 0 Å². The van der Waals surface area contributed by atoms with Crippen LogP contribution in [0.1, 0.15) is 0 Å². The molecule has 0 aromatic carbocycles. The maximum absolute atomic E-state index is 10.5. The van der Waals surface area contributed by atoms with Gasteiger partial charge in [0.2, 0.25) is 0 Å². The summed E-state index contributed by atoms with van der Waals surface area (Å²) in [5, 5.41) is 15.9. The predicted molar refractivity (Wildman–Crippen MR) is 47.5 cm³/mol. The van der Waals surface area contributed by atoms with E-state index in [0.29, 0.717) is 0 Å². The number of carbonyl (C=O) groups is 6. The minimum absolute atomic E-state index is 0. The SMILES string of the molecule is N.N.O=C(O)C(=O)OC(=O)C(=O)OC(=O)C(=O)O. The molecule has 12 heteroatoms. The number of carboxylic acid groups (broad SMARTS) is 2. The molecule has 0 fully saturated rings. The van der Waals surface area contributed by atoms with Gasteiger partial charge in [0.25, 0.3) is 0 Å². The summed E-state index contributed by atoms with van der Waals surface area (Å²) in [6.45, 7) is 0. The molecule has 8 N–H and O–H groups in total. The maximum Gasteiger partial charge on any atom is 0.426 e. The Morgan fingerprint density at radius 2 is 0.778 bits per heavy atom. The smallest absolute Gasteiger partial charge is 0.426 e. The second-order valence-electron chi connectivity index (χ2n) is 1.96. The Labute approximate surface area is 97.6 Å². The summed E-state index contributed by atoms with van der Waals surface area (Å²) in [7, 11) is 0. The molecule has 0 aliphatic carbocycles. The van der Waals surface area contributed by atoms with E-state index >= 15 is 0 Å². The van der Waals surface area contributed by atoms with Crippen molar-refractivity contribution in [2.75, 3.05) is 0 Å². The van der Waals surface area contributed by atoms with Crippen molar-refractivity contribution in [2.24, 2.45) is 0 Å². The number of esters is 4. The molecule has 0 aliphatic rings. The maximum atomic E-state index is 10.5. The summed E-state index contributed by atoms with van der Waals surface area (Å²) in [6.07, 6.45) is 0. The first-order chi connectivity index (χ1) is 7.25. The molecule has 0 saturated carbocycles. The zero-order valence-corrected chi connectivity index (χ0v) is 8.57. The number of hydrogen-bond acceptors (Lipinski definition) is 10. The van der Waals surface area contributed by atoms with Crippen molar-refractivity contribution < 1.29 is 48.5 Å². The van der Waals surface area contributed by atoms with Crippen molar-refractivity contribution >= 4 is 35.8 Å². The van der Waals surface area contributed by atoms with Crippen LogP contribution in [0, 0.1) is 0 Å². The molecule has 0 unspecified atom stereocenters. The third-order valence-corrected chi connectivity index (χ3v) is 0.887. The minimum Gasteiger partial charge on any atom is -0.473 e. The molecule has 0 aliphatic heterocycles. The molecule has 0 aromatic heterocycles. The van der Waals surface area contributed by atoms with Crippen LogP contribution in [0.4, 0.5) is 0 Å². The lowest BCUT2D eigenvalue weighted by Crippen LogP contribution is -2.30. The Kier molecular flexibility index (Phi) is 9.48. The van der Waals surface area contributed by atoms with E-state index in [2.05, 4.69) is 9.47 Å². The van der Waals surface area contributed by atoms with E-state index in [4.69, 9.17) is 10.2 Å². The molecule has 102 valence electrons. The molecule has 0 radical (unpaired) electrons. The van der Waals surface area contributed by atoms with Crippen LogP contribution < -0.4 is 12.3 Å². The van der Waals surface area contributed by atoms with Crippen LogP contribution in [0.3, 0.4) is 0 Å². The van der Waals surface area contributed by atoms with E-state index in [1.165, 1.54) is 0 Å². The molecule has 12 nitrogen and oxygen atoms in total. The third-order valence-electron chi connectivity index (χ3n) is 0.887. The lowest BCUT2D eigenvalue weighted by molar-refractivity contribution is -0.182. The molecule has 0 saturated heterocycles. The fourth-order valence-corrected chi connectivity index (χ4v) is 0.339. The van der Waals surface area contributed by atoms with E-state index in [9.17, 15) is 28.8 Å². The highest BCUT2D eigenvalue weighted by Gasteiger charge is 2.29. The number of carbonyl (C=O) groups excluding carboxylic acids is 4. The molecular formula is C6H8N2O10. The van der Waals surface area contributed by atoms with Gasteiger partial charge >= 0.3 is 35.8 Å². The van der Waals surface area contributed by atoms with Crippen LogP contribution in [0.15, 0.2) is 0 Å². The van der Waals surface area contributed by atoms with Crippen molar-refractivity contribution in [3.05, 3.63) is 0 Å². The van der Waals surface area contributed by atoms with E-state index in [1.807, 2.05) is 0 Å². The van der Waals surface area contributed by atoms with Crippen LogP contribution >= 0.6 is 0 Å². The third kappa shape index (κ3) is 6.59. The summed E-state index contributed by atoms with van der Waals surface area (Å²) >= 11 is 0. The highest BCUT2D eigenvalue weighted by Crippen LogP contribution is 1.88. The second-order valence-corrected chi connectivity index (χ2v) is 1.96. The van der Waals surface area contributed by atoms with Gasteiger partial charge < -0.3 is 32.0 Å². The topological polar surface area (TPSA) is 231 Å². The van der Waals surface area contributed by atoms with Gasteiger partial charge in [-0.1, -0.05) is 0 Å². The molecule has 0 rings (SSSR count). The van der Waals surface area contributed by atoms with Crippen molar-refractivity contribution in [3.8, 4) is 0 Å². The monoisotopic (exact) mass is 268 g/mol. The minimum atomic E-state index is -2.16. The van der Waals surface area contributed by atoms with E-state index in [-0.39, 0.29) is 12.3 Å². The molecule has 0 bridgehead atoms. The standard InChI is InChI=1S/C6H2O10.2H3N/c7-1(8)3(11)15-5(13)6(14)16-4(12)2(9)10;;/h(H,7,8)(H,9,10);2*1H3. The summed E-state index contributed by atoms with van der Waals surface area (Å²) in [5.74, 6) is -12.7. The van der Waals surface area contributed by atoms with Gasteiger partial charge in [0.05, 0.1) is 0 Å². The van der Waals surface area contributed by atoms with Gasteiger partial charge in [-0.15, -0.1) is 0 Å². The van der Waals surface area contributed by atoms with Crippen molar-refractivity contribution in [1.29, 1.82) is 0 Å². The average Bonchev–Trinajstić information content (AvgIpc) is 2.16. The van der Waals surface area contributed by atoms with Gasteiger partial charge in [-0.25, -0.2) is 28.8 Å². The van der Waals surface area contributed by atoms with Crippen LogP contribution in [0.25, 0.3) is 0 Å². The predicted octanol–water partition coefficient (Wildman–Crippen LogP) is -2.38. The van der Waals surface area contributed by atoms with E-state index in [1.54, 1.807) is 0 Å². The Morgan fingerprint density at radius 3 is 0.944 bits per heavy atom. The second kappa shape index (κ2) is 8.31. The number of rotatable bonds is 0. The molecule has 0 heterocycles. The molecule has 0 spiro atoms. The highest BCUT2D eigenvalue weighted by molar-refractivity contribution is 6.41. The van der Waals surface area contributed by atoms with Crippen LogP contribution in [-0.4, -0.2) is 46.0 Å². The number of ether oxygens (including phenoxy) is 2. The summed E-state index contributed by atoms with van der Waals surface area (Å²) in [4.78, 5) is 61.1. The fraction of sp³-hybridized carbons (Fsp3) is 0. The molecule has 18 heavy (non-hydrogen) atoms. The van der Waals surface area contributed by atoms with Gasteiger partial charge in [-0.2, -0.15) is 0 Å².